The van der Waals surface area contributed by atoms with Crippen LogP contribution in [-0.4, -0.2) is 14.7 Å². The predicted molar refractivity (Wildman–Crippen MR) is 100 cm³/mol. The van der Waals surface area contributed by atoms with Crippen molar-refractivity contribution < 1.29 is 26.5 Å². The molecule has 4 rings (SSSR count). The molecule has 2 aromatic heterocycles. The third-order valence-electron chi connectivity index (χ3n) is 4.78. The van der Waals surface area contributed by atoms with E-state index in [0.717, 1.165) is 18.2 Å². The standard InChI is InChI=1S/C21H10F5N5O/c22-19(23)17-7-14-15(9-28)12(8-27)4-5-16(14)31(17)10-18-29-20(32-30-18)11-2-1-3-13(6-11)21(24,25)26/h1-7,19H,10H2. The van der Waals surface area contributed by atoms with Gasteiger partial charge < -0.3 is 9.09 Å². The average molecular weight is 443 g/mol. The van der Waals surface area contributed by atoms with Crippen molar-refractivity contribution >= 4 is 10.9 Å². The summed E-state index contributed by atoms with van der Waals surface area (Å²) in [6, 6.07) is 11.9. The van der Waals surface area contributed by atoms with Crippen molar-refractivity contribution in [3.63, 3.8) is 0 Å². The van der Waals surface area contributed by atoms with Gasteiger partial charge in [0.15, 0.2) is 5.82 Å². The molecule has 11 heteroatoms. The average Bonchev–Trinajstić information content (AvgIpc) is 3.38. The molecule has 32 heavy (non-hydrogen) atoms. The molecule has 0 aliphatic carbocycles. The second-order valence-corrected chi connectivity index (χ2v) is 6.69. The van der Waals surface area contributed by atoms with Crippen molar-refractivity contribution in [1.82, 2.24) is 14.7 Å². The topological polar surface area (TPSA) is 91.4 Å². The quantitative estimate of drug-likeness (QED) is 0.392. The van der Waals surface area contributed by atoms with Gasteiger partial charge in [0.05, 0.1) is 34.4 Å². The number of halogens is 5. The van der Waals surface area contributed by atoms with E-state index in [2.05, 4.69) is 10.1 Å². The molecular formula is C21H10F5N5O. The van der Waals surface area contributed by atoms with Gasteiger partial charge in [-0.25, -0.2) is 8.78 Å². The second-order valence-electron chi connectivity index (χ2n) is 6.69. The predicted octanol–water partition coefficient (Wildman–Crippen LogP) is 5.44. The van der Waals surface area contributed by atoms with Crippen LogP contribution in [0.3, 0.4) is 0 Å². The third-order valence-corrected chi connectivity index (χ3v) is 4.78. The molecular weight excluding hydrogens is 433 g/mol. The molecule has 4 aromatic rings. The summed E-state index contributed by atoms with van der Waals surface area (Å²) in [5.74, 6) is -0.259. The Morgan fingerprint density at radius 1 is 1.06 bits per heavy atom. The summed E-state index contributed by atoms with van der Waals surface area (Å²) in [5.41, 5.74) is -1.05. The van der Waals surface area contributed by atoms with E-state index in [1.165, 1.54) is 28.8 Å². The van der Waals surface area contributed by atoms with E-state index in [-0.39, 0.29) is 45.9 Å². The van der Waals surface area contributed by atoms with E-state index in [4.69, 9.17) is 9.78 Å². The summed E-state index contributed by atoms with van der Waals surface area (Å²) >= 11 is 0. The molecule has 0 fully saturated rings. The Morgan fingerprint density at radius 2 is 1.84 bits per heavy atom. The molecule has 0 unspecified atom stereocenters. The first-order chi connectivity index (χ1) is 15.2. The first kappa shape index (κ1) is 21.0. The molecule has 0 saturated carbocycles. The molecule has 0 atom stereocenters. The summed E-state index contributed by atoms with van der Waals surface area (Å²) in [6.07, 6.45) is -7.47. The van der Waals surface area contributed by atoms with E-state index in [0.29, 0.717) is 0 Å². The first-order valence-corrected chi connectivity index (χ1v) is 8.97. The maximum absolute atomic E-state index is 13.7. The van der Waals surface area contributed by atoms with Crippen LogP contribution in [-0.2, 0) is 12.7 Å². The number of nitriles is 2. The molecule has 0 amide bonds. The van der Waals surface area contributed by atoms with Crippen LogP contribution in [0.15, 0.2) is 47.0 Å². The SMILES string of the molecule is N#Cc1ccc2c(cc(C(F)F)n2Cc2noc(-c3cccc(C(F)(F)F)c3)n2)c1C#N. The first-order valence-electron chi connectivity index (χ1n) is 8.97. The van der Waals surface area contributed by atoms with Crippen molar-refractivity contribution in [2.24, 2.45) is 0 Å². The second kappa shape index (κ2) is 7.78. The van der Waals surface area contributed by atoms with Crippen molar-refractivity contribution in [2.45, 2.75) is 19.1 Å². The van der Waals surface area contributed by atoms with Gasteiger partial charge in [0.25, 0.3) is 12.3 Å². The highest BCUT2D eigenvalue weighted by atomic mass is 19.4. The molecule has 0 bridgehead atoms. The molecule has 0 aliphatic rings. The van der Waals surface area contributed by atoms with E-state index >= 15 is 0 Å². The fourth-order valence-corrected chi connectivity index (χ4v) is 3.33. The smallest absolute Gasteiger partial charge is 0.334 e. The minimum atomic E-state index is -4.56. The number of aromatic nitrogens is 3. The van der Waals surface area contributed by atoms with Crippen molar-refractivity contribution in [2.75, 3.05) is 0 Å². The summed E-state index contributed by atoms with van der Waals surface area (Å²) < 4.78 is 72.4. The Morgan fingerprint density at radius 3 is 2.50 bits per heavy atom. The number of rotatable bonds is 4. The summed E-state index contributed by atoms with van der Waals surface area (Å²) in [4.78, 5) is 4.03. The normalized spacial score (nSPS) is 11.6. The van der Waals surface area contributed by atoms with Gasteiger partial charge in [-0.1, -0.05) is 11.2 Å². The lowest BCUT2D eigenvalue weighted by Gasteiger charge is -2.08. The molecule has 0 aliphatic heterocycles. The zero-order chi connectivity index (χ0) is 23.0. The monoisotopic (exact) mass is 443 g/mol. The highest BCUT2D eigenvalue weighted by Gasteiger charge is 2.31. The van der Waals surface area contributed by atoms with E-state index in [9.17, 15) is 27.2 Å². The van der Waals surface area contributed by atoms with Gasteiger partial charge in [0.2, 0.25) is 0 Å². The zero-order valence-corrected chi connectivity index (χ0v) is 15.9. The van der Waals surface area contributed by atoms with Gasteiger partial charge in [-0.15, -0.1) is 0 Å². The Hall–Kier alpha value is -4.25. The van der Waals surface area contributed by atoms with Gasteiger partial charge in [-0.2, -0.15) is 28.7 Å². The summed E-state index contributed by atoms with van der Waals surface area (Å²) in [7, 11) is 0. The van der Waals surface area contributed by atoms with E-state index in [1.807, 2.05) is 12.1 Å². The van der Waals surface area contributed by atoms with Crippen molar-refractivity contribution in [1.29, 1.82) is 10.5 Å². The van der Waals surface area contributed by atoms with Gasteiger partial charge in [0, 0.05) is 10.9 Å². The molecule has 0 spiro atoms. The lowest BCUT2D eigenvalue weighted by atomic mass is 10.1. The summed E-state index contributed by atoms with van der Waals surface area (Å²) in [5, 5.41) is 22.4. The maximum atomic E-state index is 13.7. The molecule has 2 aromatic carbocycles. The molecule has 0 saturated heterocycles. The van der Waals surface area contributed by atoms with Crippen LogP contribution in [0, 0.1) is 22.7 Å². The highest BCUT2D eigenvalue weighted by molar-refractivity contribution is 5.89. The molecule has 6 nitrogen and oxygen atoms in total. The minimum Gasteiger partial charge on any atom is -0.334 e. The molecule has 0 radical (unpaired) electrons. The van der Waals surface area contributed by atoms with Gasteiger partial charge in [0.1, 0.15) is 12.1 Å². The Balaban J connectivity index is 1.76. The number of nitrogens with zero attached hydrogens (tertiary/aromatic N) is 5. The summed E-state index contributed by atoms with van der Waals surface area (Å²) in [6.45, 7) is -0.289. The number of hydrogen-bond acceptors (Lipinski definition) is 5. The van der Waals surface area contributed by atoms with E-state index in [1.54, 1.807) is 0 Å². The minimum absolute atomic E-state index is 0.0236. The lowest BCUT2D eigenvalue weighted by molar-refractivity contribution is -0.137. The van der Waals surface area contributed by atoms with Crippen LogP contribution in [0.1, 0.15) is 34.6 Å². The Labute approximate surface area is 176 Å². The molecule has 0 N–H and O–H groups in total. The molecule has 2 heterocycles. The van der Waals surface area contributed by atoms with Crippen LogP contribution in [0.2, 0.25) is 0 Å². The zero-order valence-electron chi connectivity index (χ0n) is 15.9. The molecule has 160 valence electrons. The number of hydrogen-bond donors (Lipinski definition) is 0. The van der Waals surface area contributed by atoms with Crippen LogP contribution < -0.4 is 0 Å². The van der Waals surface area contributed by atoms with Crippen LogP contribution in [0.4, 0.5) is 22.0 Å². The fourth-order valence-electron chi connectivity index (χ4n) is 3.33. The maximum Gasteiger partial charge on any atom is 0.416 e. The van der Waals surface area contributed by atoms with Crippen LogP contribution >= 0.6 is 0 Å². The van der Waals surface area contributed by atoms with Crippen molar-refractivity contribution in [3.8, 4) is 23.6 Å². The van der Waals surface area contributed by atoms with Crippen LogP contribution in [0.25, 0.3) is 22.4 Å². The lowest BCUT2D eigenvalue weighted by Crippen LogP contribution is -2.06. The fraction of sp³-hybridized carbons (Fsp3) is 0.143. The Bertz CT molecular complexity index is 1400. The van der Waals surface area contributed by atoms with Gasteiger partial charge in [-0.3, -0.25) is 0 Å². The van der Waals surface area contributed by atoms with Crippen LogP contribution in [0.5, 0.6) is 0 Å². The van der Waals surface area contributed by atoms with Gasteiger partial charge >= 0.3 is 6.18 Å². The highest BCUT2D eigenvalue weighted by Crippen LogP contribution is 2.33. The number of alkyl halides is 5. The number of benzene rings is 2. The van der Waals surface area contributed by atoms with Crippen molar-refractivity contribution in [3.05, 3.63) is 70.7 Å². The Kier molecular flexibility index (Phi) is 5.11. The number of fused-ring (bicyclic) bond motifs is 1. The largest absolute Gasteiger partial charge is 0.416 e. The third kappa shape index (κ3) is 3.65. The van der Waals surface area contributed by atoms with E-state index < -0.39 is 23.9 Å². The van der Waals surface area contributed by atoms with Gasteiger partial charge in [-0.05, 0) is 36.4 Å².